The number of carbonyl (C=O) groups is 1. The van der Waals surface area contributed by atoms with E-state index >= 15 is 0 Å². The molecule has 2 aromatic rings. The highest BCUT2D eigenvalue weighted by molar-refractivity contribution is 5.98. The first-order valence-electron chi connectivity index (χ1n) is 4.97. The normalized spacial score (nSPS) is 12.4. The number of rotatable bonds is 2. The number of carbonyl (C=O) groups excluding carboxylic acids is 1. The molecule has 16 heavy (non-hydrogen) atoms. The van der Waals surface area contributed by atoms with Gasteiger partial charge in [0.2, 0.25) is 0 Å². The Balaban J connectivity index is 2.35. The highest BCUT2D eigenvalue weighted by Gasteiger charge is 2.07. The Labute approximate surface area is 93.7 Å². The first kappa shape index (κ1) is 10.6. The smallest absolute Gasteiger partial charge is 0.253 e. The van der Waals surface area contributed by atoms with Crippen LogP contribution in [0.4, 0.5) is 0 Å². The fourth-order valence-electron chi connectivity index (χ4n) is 1.57. The first-order valence-corrected chi connectivity index (χ1v) is 4.97. The van der Waals surface area contributed by atoms with E-state index in [9.17, 15) is 4.79 Å². The monoisotopic (exact) mass is 214 g/mol. The zero-order valence-corrected chi connectivity index (χ0v) is 8.68. The second-order valence-electron chi connectivity index (χ2n) is 3.55. The second-order valence-corrected chi connectivity index (χ2v) is 3.55. The molecular weight excluding hydrogens is 202 g/mol. The van der Waals surface area contributed by atoms with E-state index in [0.29, 0.717) is 5.56 Å². The Bertz CT molecular complexity index is 520. The first-order chi connectivity index (χ1) is 7.66. The van der Waals surface area contributed by atoms with Gasteiger partial charge in [0, 0.05) is 5.56 Å². The van der Waals surface area contributed by atoms with Crippen molar-refractivity contribution >= 4 is 16.7 Å². The van der Waals surface area contributed by atoms with Crippen LogP contribution in [0.2, 0.25) is 0 Å². The molecule has 1 atom stereocenters. The predicted octanol–water partition coefficient (Wildman–Crippen LogP) is 1.72. The summed E-state index contributed by atoms with van der Waals surface area (Å²) >= 11 is 0. The molecule has 0 aliphatic carbocycles. The number of fused-ring (bicyclic) bond motifs is 1. The Morgan fingerprint density at radius 1 is 1.19 bits per heavy atom. The van der Waals surface area contributed by atoms with Crippen LogP contribution in [0.5, 0.6) is 0 Å². The second kappa shape index (κ2) is 4.33. The number of nitrogens with one attached hydrogen (secondary N) is 1. The van der Waals surface area contributed by atoms with Gasteiger partial charge in [-0.1, -0.05) is 30.3 Å². The summed E-state index contributed by atoms with van der Waals surface area (Å²) in [7, 11) is 0. The van der Waals surface area contributed by atoms with Gasteiger partial charge >= 0.3 is 0 Å². The molecule has 0 spiro atoms. The van der Waals surface area contributed by atoms with Gasteiger partial charge in [0.25, 0.3) is 5.91 Å². The molecule has 3 heteroatoms. The maximum atomic E-state index is 11.6. The quantitative estimate of drug-likeness (QED) is 0.748. The van der Waals surface area contributed by atoms with Gasteiger partial charge in [0.1, 0.15) is 6.23 Å². The summed E-state index contributed by atoms with van der Waals surface area (Å²) in [5, 5.41) is 13.4. The van der Waals surface area contributed by atoms with Crippen molar-refractivity contribution in [2.45, 2.75) is 6.23 Å². The van der Waals surface area contributed by atoms with Gasteiger partial charge in [-0.15, -0.1) is 0 Å². The van der Waals surface area contributed by atoms with Crippen molar-refractivity contribution in [3.8, 4) is 0 Å². The van der Waals surface area contributed by atoms with Crippen LogP contribution >= 0.6 is 0 Å². The van der Waals surface area contributed by atoms with Crippen molar-refractivity contribution in [2.24, 2.45) is 0 Å². The molecule has 2 N–H and O–H groups in total. The van der Waals surface area contributed by atoms with E-state index in [1.54, 1.807) is 12.1 Å². The molecule has 0 fully saturated rings. The van der Waals surface area contributed by atoms with Crippen LogP contribution in [-0.2, 0) is 0 Å². The lowest BCUT2D eigenvalue weighted by Gasteiger charge is -2.07. The van der Waals surface area contributed by atoms with Crippen LogP contribution in [0.1, 0.15) is 10.4 Å². The standard InChI is InChI=1S/C13H12NO2/c1-9(15)14-13(16)12-7-6-10-4-2-3-5-11(10)8-12/h2-9,15H,1H2,(H,14,16). The number of aliphatic hydroxyl groups is 1. The van der Waals surface area contributed by atoms with Crippen molar-refractivity contribution in [3.05, 3.63) is 55.0 Å². The maximum Gasteiger partial charge on any atom is 0.253 e. The van der Waals surface area contributed by atoms with E-state index in [4.69, 9.17) is 5.11 Å². The molecule has 0 saturated carbocycles. The Kier molecular flexibility index (Phi) is 2.88. The predicted molar refractivity (Wildman–Crippen MR) is 62.8 cm³/mol. The van der Waals surface area contributed by atoms with Crippen molar-refractivity contribution < 1.29 is 9.90 Å². The molecule has 1 radical (unpaired) electrons. The van der Waals surface area contributed by atoms with Crippen molar-refractivity contribution in [1.29, 1.82) is 0 Å². The van der Waals surface area contributed by atoms with E-state index in [1.165, 1.54) is 0 Å². The molecule has 2 rings (SSSR count). The summed E-state index contributed by atoms with van der Waals surface area (Å²) in [4.78, 5) is 11.6. The van der Waals surface area contributed by atoms with E-state index in [0.717, 1.165) is 10.8 Å². The van der Waals surface area contributed by atoms with Crippen molar-refractivity contribution in [2.75, 3.05) is 0 Å². The van der Waals surface area contributed by atoms with E-state index in [2.05, 4.69) is 12.2 Å². The lowest BCUT2D eigenvalue weighted by Crippen LogP contribution is -2.32. The van der Waals surface area contributed by atoms with Gasteiger partial charge < -0.3 is 10.4 Å². The van der Waals surface area contributed by atoms with Crippen LogP contribution in [-0.4, -0.2) is 17.2 Å². The molecule has 0 heterocycles. The fourth-order valence-corrected chi connectivity index (χ4v) is 1.57. The third-order valence-electron chi connectivity index (χ3n) is 2.31. The topological polar surface area (TPSA) is 49.3 Å². The molecule has 81 valence electrons. The van der Waals surface area contributed by atoms with E-state index in [-0.39, 0.29) is 5.91 Å². The average molecular weight is 214 g/mol. The van der Waals surface area contributed by atoms with Crippen LogP contribution in [0.25, 0.3) is 10.8 Å². The fraction of sp³-hybridized carbons (Fsp3) is 0.0769. The van der Waals surface area contributed by atoms with Crippen molar-refractivity contribution in [3.63, 3.8) is 0 Å². The van der Waals surface area contributed by atoms with Crippen LogP contribution < -0.4 is 5.32 Å². The molecule has 0 aliphatic rings. The van der Waals surface area contributed by atoms with Crippen LogP contribution in [0.15, 0.2) is 42.5 Å². The van der Waals surface area contributed by atoms with Gasteiger partial charge in [-0.25, -0.2) is 0 Å². The molecule has 0 bridgehead atoms. The number of aliphatic hydroxyl groups excluding tert-OH is 1. The summed E-state index contributed by atoms with van der Waals surface area (Å²) in [6.45, 7) is 3.29. The lowest BCUT2D eigenvalue weighted by molar-refractivity contribution is 0.0852. The van der Waals surface area contributed by atoms with Crippen LogP contribution in [0, 0.1) is 6.92 Å². The Morgan fingerprint density at radius 2 is 1.88 bits per heavy atom. The van der Waals surface area contributed by atoms with Gasteiger partial charge in [0.15, 0.2) is 0 Å². The molecule has 1 unspecified atom stereocenters. The zero-order valence-electron chi connectivity index (χ0n) is 8.68. The van der Waals surface area contributed by atoms with E-state index in [1.807, 2.05) is 30.3 Å². The van der Waals surface area contributed by atoms with Gasteiger partial charge in [-0.2, -0.15) is 0 Å². The average Bonchev–Trinajstić information content (AvgIpc) is 2.27. The van der Waals surface area contributed by atoms with Crippen molar-refractivity contribution in [1.82, 2.24) is 5.32 Å². The summed E-state index contributed by atoms with van der Waals surface area (Å²) in [5.74, 6) is -0.326. The highest BCUT2D eigenvalue weighted by Crippen LogP contribution is 2.15. The SMILES string of the molecule is [CH2]C(O)NC(=O)c1ccc2ccccc2c1. The molecule has 3 nitrogen and oxygen atoms in total. The minimum Gasteiger partial charge on any atom is -0.374 e. The number of hydrogen-bond donors (Lipinski definition) is 2. The molecule has 0 aliphatic heterocycles. The van der Waals surface area contributed by atoms with E-state index < -0.39 is 6.23 Å². The number of amides is 1. The molecule has 2 aromatic carbocycles. The Hall–Kier alpha value is -1.87. The highest BCUT2D eigenvalue weighted by atomic mass is 16.3. The number of benzene rings is 2. The molecule has 0 saturated heterocycles. The summed E-state index contributed by atoms with van der Waals surface area (Å²) in [5.41, 5.74) is 0.515. The summed E-state index contributed by atoms with van der Waals surface area (Å²) in [6, 6.07) is 13.2. The Morgan fingerprint density at radius 3 is 2.56 bits per heavy atom. The maximum absolute atomic E-state index is 11.6. The van der Waals surface area contributed by atoms with Gasteiger partial charge in [-0.3, -0.25) is 4.79 Å². The minimum absolute atomic E-state index is 0.326. The van der Waals surface area contributed by atoms with Gasteiger partial charge in [0.05, 0.1) is 0 Å². The van der Waals surface area contributed by atoms with Crippen LogP contribution in [0.3, 0.4) is 0 Å². The third-order valence-corrected chi connectivity index (χ3v) is 2.31. The molecule has 1 amide bonds. The van der Waals surface area contributed by atoms with Gasteiger partial charge in [-0.05, 0) is 29.8 Å². The summed E-state index contributed by atoms with van der Waals surface area (Å²) in [6.07, 6.45) is -1.08. The minimum atomic E-state index is -1.08. The summed E-state index contributed by atoms with van der Waals surface area (Å²) < 4.78 is 0. The number of hydrogen-bond acceptors (Lipinski definition) is 2. The lowest BCUT2D eigenvalue weighted by atomic mass is 10.1. The third kappa shape index (κ3) is 2.20. The molecular formula is C13H12NO2. The molecule has 0 aromatic heterocycles. The zero-order chi connectivity index (χ0) is 11.5. The largest absolute Gasteiger partial charge is 0.374 e.